The predicted molar refractivity (Wildman–Crippen MR) is 67.9 cm³/mol. The molecule has 5 nitrogen and oxygen atoms in total. The van der Waals surface area contributed by atoms with Crippen LogP contribution in [0.2, 0.25) is 0 Å². The number of rotatable bonds is 4. The van der Waals surface area contributed by atoms with Gasteiger partial charge in [-0.25, -0.2) is 4.98 Å². The van der Waals surface area contributed by atoms with Crippen LogP contribution in [0.1, 0.15) is 26.2 Å². The van der Waals surface area contributed by atoms with E-state index >= 15 is 0 Å². The van der Waals surface area contributed by atoms with E-state index in [2.05, 4.69) is 21.8 Å². The third-order valence-corrected chi connectivity index (χ3v) is 2.88. The van der Waals surface area contributed by atoms with E-state index in [4.69, 9.17) is 10.5 Å². The summed E-state index contributed by atoms with van der Waals surface area (Å²) in [5, 5.41) is 0. The van der Waals surface area contributed by atoms with Crippen LogP contribution in [0.15, 0.2) is 12.3 Å². The summed E-state index contributed by atoms with van der Waals surface area (Å²) in [5.41, 5.74) is 5.67. The van der Waals surface area contributed by atoms with Gasteiger partial charge in [0.25, 0.3) is 0 Å². The lowest BCUT2D eigenvalue weighted by molar-refractivity contribution is 0.0437. The highest BCUT2D eigenvalue weighted by Crippen LogP contribution is 2.18. The Morgan fingerprint density at radius 2 is 2.47 bits per heavy atom. The minimum Gasteiger partial charge on any atom is -0.384 e. The van der Waals surface area contributed by atoms with Gasteiger partial charge in [-0.05, 0) is 25.3 Å². The van der Waals surface area contributed by atoms with Crippen molar-refractivity contribution in [1.29, 1.82) is 0 Å². The summed E-state index contributed by atoms with van der Waals surface area (Å²) in [7, 11) is 0. The number of piperidine rings is 1. The van der Waals surface area contributed by atoms with Gasteiger partial charge in [0.05, 0.1) is 6.10 Å². The van der Waals surface area contributed by atoms with Gasteiger partial charge in [-0.15, -0.1) is 0 Å². The zero-order chi connectivity index (χ0) is 12.1. The number of hydrogen-bond acceptors (Lipinski definition) is 5. The van der Waals surface area contributed by atoms with Crippen LogP contribution < -0.4 is 10.6 Å². The maximum absolute atomic E-state index is 5.79. The molecule has 2 N–H and O–H groups in total. The van der Waals surface area contributed by atoms with Crippen molar-refractivity contribution in [2.24, 2.45) is 0 Å². The summed E-state index contributed by atoms with van der Waals surface area (Å²) in [6, 6.07) is 1.71. The van der Waals surface area contributed by atoms with Crippen LogP contribution in [0, 0.1) is 0 Å². The van der Waals surface area contributed by atoms with Crippen LogP contribution in [-0.4, -0.2) is 35.8 Å². The molecule has 1 aromatic heterocycles. The van der Waals surface area contributed by atoms with Crippen molar-refractivity contribution in [3.05, 3.63) is 12.3 Å². The molecule has 1 aromatic rings. The van der Waals surface area contributed by atoms with Gasteiger partial charge in [-0.1, -0.05) is 6.92 Å². The fourth-order valence-electron chi connectivity index (χ4n) is 2.05. The Morgan fingerprint density at radius 1 is 1.59 bits per heavy atom. The first-order chi connectivity index (χ1) is 8.29. The number of nitrogens with two attached hydrogens (primary N) is 1. The summed E-state index contributed by atoms with van der Waals surface area (Å²) in [6.07, 6.45) is 5.30. The molecule has 1 unspecified atom stereocenters. The molecule has 0 aliphatic carbocycles. The Balaban J connectivity index is 1.97. The van der Waals surface area contributed by atoms with E-state index in [-0.39, 0.29) is 0 Å². The Kier molecular flexibility index (Phi) is 4.14. The summed E-state index contributed by atoms with van der Waals surface area (Å²) in [4.78, 5) is 10.7. The molecule has 0 bridgehead atoms. The molecule has 2 rings (SSSR count). The van der Waals surface area contributed by atoms with Gasteiger partial charge in [0, 0.05) is 25.9 Å². The second-order valence-electron chi connectivity index (χ2n) is 4.36. The summed E-state index contributed by atoms with van der Waals surface area (Å²) in [6.45, 7) is 4.80. The van der Waals surface area contributed by atoms with E-state index < -0.39 is 0 Å². The standard InChI is InChI=1S/C12H20N4O/c1-2-8-17-10-4-3-7-16(9-10)12-14-6-5-11(13)15-12/h5-6,10H,2-4,7-9H2,1H3,(H2,13,14,15). The maximum atomic E-state index is 5.79. The van der Waals surface area contributed by atoms with Gasteiger partial charge in [-0.3, -0.25) is 0 Å². The number of hydrogen-bond donors (Lipinski definition) is 1. The Morgan fingerprint density at radius 3 is 3.24 bits per heavy atom. The number of anilines is 2. The monoisotopic (exact) mass is 236 g/mol. The van der Waals surface area contributed by atoms with E-state index in [1.165, 1.54) is 0 Å². The largest absolute Gasteiger partial charge is 0.384 e. The van der Waals surface area contributed by atoms with Crippen LogP contribution >= 0.6 is 0 Å². The quantitative estimate of drug-likeness (QED) is 0.857. The smallest absolute Gasteiger partial charge is 0.227 e. The summed E-state index contributed by atoms with van der Waals surface area (Å²) in [5.74, 6) is 1.24. The first-order valence-corrected chi connectivity index (χ1v) is 6.24. The van der Waals surface area contributed by atoms with Crippen LogP contribution in [0.4, 0.5) is 11.8 Å². The van der Waals surface area contributed by atoms with Gasteiger partial charge in [0.15, 0.2) is 0 Å². The average Bonchev–Trinajstić information content (AvgIpc) is 2.37. The van der Waals surface area contributed by atoms with E-state index in [1.807, 2.05) is 0 Å². The molecule has 1 atom stereocenters. The molecule has 1 fully saturated rings. The number of aromatic nitrogens is 2. The second kappa shape index (κ2) is 5.82. The topological polar surface area (TPSA) is 64.3 Å². The number of nitrogen functional groups attached to an aromatic ring is 1. The zero-order valence-corrected chi connectivity index (χ0v) is 10.3. The van der Waals surface area contributed by atoms with E-state index in [1.54, 1.807) is 12.3 Å². The van der Waals surface area contributed by atoms with Crippen molar-refractivity contribution in [3.63, 3.8) is 0 Å². The minimum atomic E-state index is 0.300. The molecule has 2 heterocycles. The number of nitrogens with zero attached hydrogens (tertiary/aromatic N) is 3. The van der Waals surface area contributed by atoms with Crippen molar-refractivity contribution in [2.45, 2.75) is 32.3 Å². The molecule has 5 heteroatoms. The Bertz CT molecular complexity index is 358. The molecule has 1 aliphatic rings. The lowest BCUT2D eigenvalue weighted by Gasteiger charge is -2.32. The van der Waals surface area contributed by atoms with Crippen LogP contribution in [0.25, 0.3) is 0 Å². The van der Waals surface area contributed by atoms with Gasteiger partial charge in [-0.2, -0.15) is 4.98 Å². The molecule has 0 radical (unpaired) electrons. The van der Waals surface area contributed by atoms with Crippen molar-refractivity contribution < 1.29 is 4.74 Å². The molecular formula is C12H20N4O. The molecule has 17 heavy (non-hydrogen) atoms. The molecule has 0 spiro atoms. The van der Waals surface area contributed by atoms with Gasteiger partial charge in [0.1, 0.15) is 5.82 Å². The minimum absolute atomic E-state index is 0.300. The molecule has 0 amide bonds. The van der Waals surface area contributed by atoms with E-state index in [0.717, 1.165) is 44.9 Å². The van der Waals surface area contributed by atoms with Crippen LogP contribution in [-0.2, 0) is 4.74 Å². The first-order valence-electron chi connectivity index (χ1n) is 6.24. The van der Waals surface area contributed by atoms with Crippen molar-refractivity contribution in [1.82, 2.24) is 9.97 Å². The van der Waals surface area contributed by atoms with Crippen LogP contribution in [0.5, 0.6) is 0 Å². The third-order valence-electron chi connectivity index (χ3n) is 2.88. The summed E-state index contributed by atoms with van der Waals surface area (Å²) < 4.78 is 5.79. The van der Waals surface area contributed by atoms with Crippen molar-refractivity contribution >= 4 is 11.8 Å². The zero-order valence-electron chi connectivity index (χ0n) is 10.3. The predicted octanol–water partition coefficient (Wildman–Crippen LogP) is 1.45. The van der Waals surface area contributed by atoms with Crippen molar-refractivity contribution in [3.8, 4) is 0 Å². The molecule has 1 aliphatic heterocycles. The lowest BCUT2D eigenvalue weighted by atomic mass is 10.1. The number of ether oxygens (including phenoxy) is 1. The first kappa shape index (κ1) is 12.1. The van der Waals surface area contributed by atoms with E-state index in [0.29, 0.717) is 11.9 Å². The fraction of sp³-hybridized carbons (Fsp3) is 0.667. The molecule has 1 saturated heterocycles. The normalized spacial score (nSPS) is 20.5. The van der Waals surface area contributed by atoms with Gasteiger partial charge < -0.3 is 15.4 Å². The molecular weight excluding hydrogens is 216 g/mol. The lowest BCUT2D eigenvalue weighted by Crippen LogP contribution is -2.40. The molecule has 0 aromatic carbocycles. The highest BCUT2D eigenvalue weighted by atomic mass is 16.5. The van der Waals surface area contributed by atoms with Crippen LogP contribution in [0.3, 0.4) is 0 Å². The van der Waals surface area contributed by atoms with Crippen molar-refractivity contribution in [2.75, 3.05) is 30.3 Å². The molecule has 94 valence electrons. The molecule has 0 saturated carbocycles. The fourth-order valence-corrected chi connectivity index (χ4v) is 2.05. The van der Waals surface area contributed by atoms with Gasteiger partial charge in [0.2, 0.25) is 5.95 Å². The Labute approximate surface area is 102 Å². The maximum Gasteiger partial charge on any atom is 0.227 e. The van der Waals surface area contributed by atoms with E-state index in [9.17, 15) is 0 Å². The Hall–Kier alpha value is -1.36. The highest BCUT2D eigenvalue weighted by Gasteiger charge is 2.21. The highest BCUT2D eigenvalue weighted by molar-refractivity contribution is 5.38. The SMILES string of the molecule is CCCOC1CCCN(c2nccc(N)n2)C1. The van der Waals surface area contributed by atoms with Gasteiger partial charge >= 0.3 is 0 Å². The second-order valence-corrected chi connectivity index (χ2v) is 4.36. The average molecular weight is 236 g/mol. The third kappa shape index (κ3) is 3.30. The summed E-state index contributed by atoms with van der Waals surface area (Å²) >= 11 is 0.